The van der Waals surface area contributed by atoms with Gasteiger partial charge in [0, 0.05) is 34.4 Å². The minimum Gasteiger partial charge on any atom is -0.475 e. The number of carbonyl (C=O) groups excluding carboxylic acids is 1. The zero-order chi connectivity index (χ0) is 17.2. The second-order valence-corrected chi connectivity index (χ2v) is 6.77. The quantitative estimate of drug-likeness (QED) is 0.909. The molecule has 1 heterocycles. The third kappa shape index (κ3) is 4.34. The van der Waals surface area contributed by atoms with E-state index in [1.54, 1.807) is 25.1 Å². The Morgan fingerprint density at radius 3 is 2.65 bits per heavy atom. The SMILES string of the molecule is CC(CS(C)=O)NC(=O)C1=Cc2ccccc2OC1C(F)(F)F. The summed E-state index contributed by atoms with van der Waals surface area (Å²) in [6.45, 7) is 1.58. The number of rotatable bonds is 4. The summed E-state index contributed by atoms with van der Waals surface area (Å²) in [5.74, 6) is -0.637. The molecule has 4 nitrogen and oxygen atoms in total. The Balaban J connectivity index is 2.30. The molecule has 0 bridgehead atoms. The van der Waals surface area contributed by atoms with Crippen molar-refractivity contribution >= 4 is 22.8 Å². The van der Waals surface area contributed by atoms with Crippen LogP contribution in [0.15, 0.2) is 29.8 Å². The van der Waals surface area contributed by atoms with Gasteiger partial charge in [0.05, 0.1) is 5.57 Å². The standard InChI is InChI=1S/C15H16F3NO3S/c1-9(8-23(2)21)19-14(20)11-7-10-5-3-4-6-12(10)22-13(11)15(16,17)18/h3-7,9,13H,8H2,1-2H3,(H,19,20). The van der Waals surface area contributed by atoms with Crippen LogP contribution in [0.1, 0.15) is 12.5 Å². The number of hydrogen-bond donors (Lipinski definition) is 1. The number of hydrogen-bond acceptors (Lipinski definition) is 3. The lowest BCUT2D eigenvalue weighted by Gasteiger charge is -2.28. The first-order valence-corrected chi connectivity index (χ1v) is 8.56. The molecule has 23 heavy (non-hydrogen) atoms. The highest BCUT2D eigenvalue weighted by Crippen LogP contribution is 2.37. The van der Waals surface area contributed by atoms with Crippen molar-refractivity contribution < 1.29 is 26.9 Å². The Kier molecular flexibility index (Phi) is 5.13. The van der Waals surface area contributed by atoms with Gasteiger partial charge in [0.15, 0.2) is 0 Å². The fourth-order valence-electron chi connectivity index (χ4n) is 2.27. The minimum absolute atomic E-state index is 0.0779. The fraction of sp³-hybridized carbons (Fsp3) is 0.400. The molecule has 126 valence electrons. The smallest absolute Gasteiger partial charge is 0.429 e. The van der Waals surface area contributed by atoms with Crippen molar-refractivity contribution in [3.05, 3.63) is 35.4 Å². The maximum Gasteiger partial charge on any atom is 0.429 e. The van der Waals surface area contributed by atoms with Gasteiger partial charge < -0.3 is 10.1 Å². The second kappa shape index (κ2) is 6.74. The van der Waals surface area contributed by atoms with Gasteiger partial charge >= 0.3 is 6.18 Å². The Bertz CT molecular complexity index is 658. The van der Waals surface area contributed by atoms with Crippen molar-refractivity contribution in [2.24, 2.45) is 0 Å². The molecular formula is C15H16F3NO3S. The van der Waals surface area contributed by atoms with E-state index in [2.05, 4.69) is 5.32 Å². The van der Waals surface area contributed by atoms with Gasteiger partial charge in [-0.15, -0.1) is 0 Å². The summed E-state index contributed by atoms with van der Waals surface area (Å²) >= 11 is 0. The number of ether oxygens (including phenoxy) is 1. The largest absolute Gasteiger partial charge is 0.475 e. The molecule has 1 aliphatic rings. The van der Waals surface area contributed by atoms with Gasteiger partial charge in [0.25, 0.3) is 5.91 Å². The number of para-hydroxylation sites is 1. The van der Waals surface area contributed by atoms with Gasteiger partial charge in [-0.25, -0.2) is 0 Å². The average Bonchev–Trinajstić information content (AvgIpc) is 2.43. The van der Waals surface area contributed by atoms with E-state index in [0.29, 0.717) is 5.56 Å². The Morgan fingerprint density at radius 2 is 2.04 bits per heavy atom. The van der Waals surface area contributed by atoms with Crippen LogP contribution in [0, 0.1) is 0 Å². The molecule has 0 aromatic heterocycles. The third-order valence-electron chi connectivity index (χ3n) is 3.18. The van der Waals surface area contributed by atoms with E-state index in [9.17, 15) is 22.2 Å². The van der Waals surface area contributed by atoms with Crippen LogP contribution in [0.4, 0.5) is 13.2 Å². The number of benzene rings is 1. The normalized spacial score (nSPS) is 19.9. The van der Waals surface area contributed by atoms with Gasteiger partial charge in [-0.05, 0) is 19.1 Å². The molecule has 0 saturated carbocycles. The van der Waals surface area contributed by atoms with Crippen molar-refractivity contribution in [1.29, 1.82) is 0 Å². The number of fused-ring (bicyclic) bond motifs is 1. The Morgan fingerprint density at radius 1 is 1.39 bits per heavy atom. The summed E-state index contributed by atoms with van der Waals surface area (Å²) in [6.07, 6.45) is -4.40. The highest BCUT2D eigenvalue weighted by atomic mass is 32.2. The summed E-state index contributed by atoms with van der Waals surface area (Å²) in [4.78, 5) is 12.2. The van der Waals surface area contributed by atoms with Gasteiger partial charge in [-0.1, -0.05) is 18.2 Å². The first kappa shape index (κ1) is 17.5. The minimum atomic E-state index is -4.71. The van der Waals surface area contributed by atoms with Gasteiger partial charge in [-0.3, -0.25) is 9.00 Å². The van der Waals surface area contributed by atoms with E-state index >= 15 is 0 Å². The molecule has 1 amide bonds. The van der Waals surface area contributed by atoms with Crippen molar-refractivity contribution in [2.75, 3.05) is 12.0 Å². The molecule has 3 atom stereocenters. The van der Waals surface area contributed by atoms with Crippen LogP contribution in [0.5, 0.6) is 5.75 Å². The summed E-state index contributed by atoms with van der Waals surface area (Å²) in [5, 5.41) is 2.43. The number of nitrogens with one attached hydrogen (secondary N) is 1. The second-order valence-electron chi connectivity index (χ2n) is 5.29. The third-order valence-corrected chi connectivity index (χ3v) is 4.15. The van der Waals surface area contributed by atoms with E-state index in [4.69, 9.17) is 4.74 Å². The average molecular weight is 347 g/mol. The molecule has 1 aliphatic heterocycles. The molecule has 2 rings (SSSR count). The van der Waals surface area contributed by atoms with Crippen LogP contribution in [0.2, 0.25) is 0 Å². The maximum absolute atomic E-state index is 13.2. The van der Waals surface area contributed by atoms with E-state index in [-0.39, 0.29) is 11.5 Å². The highest BCUT2D eigenvalue weighted by molar-refractivity contribution is 7.84. The predicted molar refractivity (Wildman–Crippen MR) is 81.4 cm³/mol. The summed E-state index contributed by atoms with van der Waals surface area (Å²) in [6, 6.07) is 5.68. The van der Waals surface area contributed by atoms with Crippen LogP contribution in [0.25, 0.3) is 6.08 Å². The van der Waals surface area contributed by atoms with Gasteiger partial charge in [0.1, 0.15) is 5.75 Å². The molecule has 1 aromatic rings. The van der Waals surface area contributed by atoms with E-state index in [0.717, 1.165) is 0 Å². The van der Waals surface area contributed by atoms with Crippen molar-refractivity contribution in [2.45, 2.75) is 25.2 Å². The molecule has 3 unspecified atom stereocenters. The lowest BCUT2D eigenvalue weighted by Crippen LogP contribution is -2.46. The zero-order valence-corrected chi connectivity index (χ0v) is 13.3. The first-order valence-electron chi connectivity index (χ1n) is 6.83. The number of amides is 1. The van der Waals surface area contributed by atoms with E-state index in [1.165, 1.54) is 18.4 Å². The van der Waals surface area contributed by atoms with Crippen molar-refractivity contribution in [3.63, 3.8) is 0 Å². The topological polar surface area (TPSA) is 55.4 Å². The van der Waals surface area contributed by atoms with Gasteiger partial charge in [0.2, 0.25) is 6.10 Å². The van der Waals surface area contributed by atoms with Crippen molar-refractivity contribution in [3.8, 4) is 5.75 Å². The molecule has 1 aromatic carbocycles. The highest BCUT2D eigenvalue weighted by Gasteiger charge is 2.48. The lowest BCUT2D eigenvalue weighted by atomic mass is 10.00. The molecule has 0 radical (unpaired) electrons. The van der Waals surface area contributed by atoms with Gasteiger partial charge in [-0.2, -0.15) is 13.2 Å². The summed E-state index contributed by atoms with van der Waals surface area (Å²) in [7, 11) is -1.17. The van der Waals surface area contributed by atoms with Crippen LogP contribution >= 0.6 is 0 Å². The van der Waals surface area contributed by atoms with E-state index < -0.39 is 40.6 Å². The Hall–Kier alpha value is -1.83. The lowest BCUT2D eigenvalue weighted by molar-refractivity contribution is -0.185. The molecule has 0 spiro atoms. The number of carbonyl (C=O) groups is 1. The molecule has 0 aliphatic carbocycles. The summed E-state index contributed by atoms with van der Waals surface area (Å²) in [5.41, 5.74) is -0.102. The summed E-state index contributed by atoms with van der Waals surface area (Å²) < 4.78 is 55.7. The molecule has 0 fully saturated rings. The monoisotopic (exact) mass is 347 g/mol. The zero-order valence-electron chi connectivity index (χ0n) is 12.5. The number of halogens is 3. The molecule has 1 N–H and O–H groups in total. The fourth-order valence-corrected chi connectivity index (χ4v) is 3.06. The molecular weight excluding hydrogens is 331 g/mol. The van der Waals surface area contributed by atoms with Crippen LogP contribution in [0.3, 0.4) is 0 Å². The number of alkyl halides is 3. The molecule has 8 heteroatoms. The molecule has 0 saturated heterocycles. The van der Waals surface area contributed by atoms with Crippen LogP contribution in [-0.4, -0.2) is 40.4 Å². The maximum atomic E-state index is 13.2. The van der Waals surface area contributed by atoms with Crippen molar-refractivity contribution in [1.82, 2.24) is 5.32 Å². The van der Waals surface area contributed by atoms with E-state index in [1.807, 2.05) is 0 Å². The van der Waals surface area contributed by atoms with Crippen LogP contribution in [-0.2, 0) is 15.6 Å². The first-order chi connectivity index (χ1) is 10.7. The van der Waals surface area contributed by atoms with Crippen LogP contribution < -0.4 is 10.1 Å². The predicted octanol–water partition coefficient (Wildman–Crippen LogP) is 2.28. The Labute approximate surface area is 134 Å².